The van der Waals surface area contributed by atoms with Crippen LogP contribution in [0.5, 0.6) is 11.5 Å². The largest absolute Gasteiger partial charge is 0.494 e. The van der Waals surface area contributed by atoms with E-state index in [0.29, 0.717) is 29.6 Å². The highest BCUT2D eigenvalue weighted by Crippen LogP contribution is 2.40. The summed E-state index contributed by atoms with van der Waals surface area (Å²) >= 11 is 0. The molecular formula is C30H42O6S. The zero-order valence-electron chi connectivity index (χ0n) is 22.0. The molecule has 204 valence electrons. The Kier molecular flexibility index (Phi) is 12.0. The molecular weight excluding hydrogens is 488 g/mol. The Morgan fingerprint density at radius 2 is 1.54 bits per heavy atom. The first-order valence-corrected chi connectivity index (χ1v) is 15.0. The molecule has 0 bridgehead atoms. The molecule has 0 heterocycles. The molecule has 0 spiro atoms. The number of esters is 1. The lowest BCUT2D eigenvalue weighted by atomic mass is 9.77. The average molecular weight is 531 g/mol. The van der Waals surface area contributed by atoms with Gasteiger partial charge in [0.1, 0.15) is 22.4 Å². The number of hydrogen-bond acceptors (Lipinski definition) is 6. The molecule has 6 nitrogen and oxygen atoms in total. The quantitative estimate of drug-likeness (QED) is 0.136. The number of carbonyl (C=O) groups excluding carboxylic acids is 1. The lowest BCUT2D eigenvalue weighted by Crippen LogP contribution is -2.13. The topological polar surface area (TPSA) is 85.2 Å². The predicted molar refractivity (Wildman–Crippen MR) is 150 cm³/mol. The van der Waals surface area contributed by atoms with Gasteiger partial charge in [-0.3, -0.25) is 4.18 Å². The maximum atomic E-state index is 12.6. The van der Waals surface area contributed by atoms with E-state index in [0.717, 1.165) is 37.0 Å². The standard InChI is InChI=1S/C30H42O6S/c1-3-9-24-10-12-25(13-11-24)26-14-20-29(21-15-26)36-30(31)27-16-18-28(19-17-27)34-22-7-5-6-8-23-35-37(32,33)4-2/h4,14-21,24-25,32-33H,2-3,5-13,22-23H2,1H3. The van der Waals surface area contributed by atoms with Crippen LogP contribution in [0.25, 0.3) is 0 Å². The highest BCUT2D eigenvalue weighted by atomic mass is 32.3. The fraction of sp³-hybridized carbons (Fsp3) is 0.500. The van der Waals surface area contributed by atoms with Crippen LogP contribution in [0.1, 0.15) is 93.0 Å². The molecule has 1 saturated carbocycles. The van der Waals surface area contributed by atoms with Crippen molar-refractivity contribution in [2.45, 2.75) is 77.0 Å². The van der Waals surface area contributed by atoms with Gasteiger partial charge < -0.3 is 18.6 Å². The average Bonchev–Trinajstić information content (AvgIpc) is 2.91. The summed E-state index contributed by atoms with van der Waals surface area (Å²) in [5, 5.41) is 1.03. The molecule has 1 aliphatic rings. The Bertz CT molecular complexity index is 949. The SMILES string of the molecule is C=CS(O)(O)OCCCCCCOc1ccc(C(=O)Oc2ccc(C3CCC(CCC)CC3)cc2)cc1. The van der Waals surface area contributed by atoms with Crippen LogP contribution in [-0.2, 0) is 4.18 Å². The van der Waals surface area contributed by atoms with Crippen LogP contribution in [0.4, 0.5) is 0 Å². The molecule has 0 atom stereocenters. The monoisotopic (exact) mass is 530 g/mol. The highest BCUT2D eigenvalue weighted by Gasteiger charge is 2.22. The van der Waals surface area contributed by atoms with Gasteiger partial charge in [0.15, 0.2) is 0 Å². The maximum absolute atomic E-state index is 12.6. The predicted octanol–water partition coefficient (Wildman–Crippen LogP) is 8.74. The Morgan fingerprint density at radius 1 is 0.919 bits per heavy atom. The van der Waals surface area contributed by atoms with Crippen LogP contribution >= 0.6 is 10.9 Å². The number of carbonyl (C=O) groups is 1. The minimum Gasteiger partial charge on any atom is -0.494 e. The van der Waals surface area contributed by atoms with Gasteiger partial charge in [-0.15, -0.1) is 0 Å². The molecule has 2 aromatic rings. The zero-order chi connectivity index (χ0) is 26.5. The van der Waals surface area contributed by atoms with Gasteiger partial charge in [0.05, 0.1) is 18.8 Å². The molecule has 2 aromatic carbocycles. The molecule has 3 rings (SSSR count). The lowest BCUT2D eigenvalue weighted by Gasteiger charge is -2.28. The third kappa shape index (κ3) is 10.2. The van der Waals surface area contributed by atoms with Crippen molar-refractivity contribution >= 4 is 16.8 Å². The molecule has 37 heavy (non-hydrogen) atoms. The van der Waals surface area contributed by atoms with Crippen LogP contribution in [0.3, 0.4) is 0 Å². The molecule has 7 heteroatoms. The van der Waals surface area contributed by atoms with Gasteiger partial charge in [0, 0.05) is 5.41 Å². The number of ether oxygens (including phenoxy) is 2. The van der Waals surface area contributed by atoms with E-state index in [9.17, 15) is 13.9 Å². The number of rotatable bonds is 15. The van der Waals surface area contributed by atoms with Crippen LogP contribution in [0, 0.1) is 5.92 Å². The van der Waals surface area contributed by atoms with Crippen LogP contribution in [-0.4, -0.2) is 28.3 Å². The fourth-order valence-corrected chi connectivity index (χ4v) is 5.29. The summed E-state index contributed by atoms with van der Waals surface area (Å²) in [4.78, 5) is 12.6. The molecule has 1 aliphatic carbocycles. The van der Waals surface area contributed by atoms with Crippen LogP contribution in [0.15, 0.2) is 60.5 Å². The smallest absolute Gasteiger partial charge is 0.343 e. The van der Waals surface area contributed by atoms with E-state index in [2.05, 4.69) is 25.6 Å². The Labute approximate surface area is 223 Å². The van der Waals surface area contributed by atoms with E-state index >= 15 is 0 Å². The van der Waals surface area contributed by atoms with Crippen molar-refractivity contribution < 1.29 is 27.6 Å². The highest BCUT2D eigenvalue weighted by molar-refractivity contribution is 8.22. The molecule has 0 saturated heterocycles. The molecule has 0 unspecified atom stereocenters. The van der Waals surface area contributed by atoms with Gasteiger partial charge in [0.25, 0.3) is 0 Å². The van der Waals surface area contributed by atoms with Crippen LogP contribution < -0.4 is 9.47 Å². The summed E-state index contributed by atoms with van der Waals surface area (Å²) in [6, 6.07) is 15.0. The Balaban J connectivity index is 1.34. The second-order valence-corrected chi connectivity index (χ2v) is 11.4. The van der Waals surface area contributed by atoms with E-state index in [1.54, 1.807) is 24.3 Å². The molecule has 0 aliphatic heterocycles. The van der Waals surface area contributed by atoms with E-state index in [1.807, 2.05) is 12.1 Å². The lowest BCUT2D eigenvalue weighted by molar-refractivity contribution is 0.0734. The Morgan fingerprint density at radius 3 is 2.16 bits per heavy atom. The number of benzene rings is 2. The first-order valence-electron chi connectivity index (χ1n) is 13.5. The van der Waals surface area contributed by atoms with Crippen molar-refractivity contribution in [1.29, 1.82) is 0 Å². The van der Waals surface area contributed by atoms with Gasteiger partial charge in [-0.05, 0) is 98.7 Å². The summed E-state index contributed by atoms with van der Waals surface area (Å²) < 4.78 is 35.0. The van der Waals surface area contributed by atoms with Gasteiger partial charge in [0.2, 0.25) is 0 Å². The zero-order valence-corrected chi connectivity index (χ0v) is 22.8. The normalized spacial score (nSPS) is 18.2. The summed E-state index contributed by atoms with van der Waals surface area (Å²) in [7, 11) is -3.08. The third-order valence-corrected chi connectivity index (χ3v) is 7.92. The van der Waals surface area contributed by atoms with E-state index in [4.69, 9.17) is 13.7 Å². The van der Waals surface area contributed by atoms with Crippen molar-refractivity contribution in [1.82, 2.24) is 0 Å². The number of unbranched alkanes of at least 4 members (excludes halogenated alkanes) is 3. The van der Waals surface area contributed by atoms with Gasteiger partial charge in [-0.25, -0.2) is 4.79 Å². The minimum atomic E-state index is -3.08. The second kappa shape index (κ2) is 15.2. The van der Waals surface area contributed by atoms with Crippen LogP contribution in [0.2, 0.25) is 0 Å². The molecule has 0 aromatic heterocycles. The van der Waals surface area contributed by atoms with Crippen molar-refractivity contribution in [3.05, 3.63) is 71.6 Å². The molecule has 2 N–H and O–H groups in total. The van der Waals surface area contributed by atoms with Gasteiger partial charge in [-0.2, -0.15) is 0 Å². The maximum Gasteiger partial charge on any atom is 0.343 e. The minimum absolute atomic E-state index is 0.289. The van der Waals surface area contributed by atoms with Gasteiger partial charge >= 0.3 is 5.97 Å². The second-order valence-electron chi connectivity index (χ2n) is 9.78. The van der Waals surface area contributed by atoms with Crippen molar-refractivity contribution in [2.24, 2.45) is 5.92 Å². The van der Waals surface area contributed by atoms with Crippen molar-refractivity contribution in [3.8, 4) is 11.5 Å². The Hall–Kier alpha value is -2.32. The van der Waals surface area contributed by atoms with E-state index in [-0.39, 0.29) is 12.6 Å². The third-order valence-electron chi connectivity index (χ3n) is 6.98. The molecule has 0 amide bonds. The van der Waals surface area contributed by atoms with Crippen molar-refractivity contribution in [2.75, 3.05) is 13.2 Å². The summed E-state index contributed by atoms with van der Waals surface area (Å²) in [5.41, 5.74) is 1.83. The van der Waals surface area contributed by atoms with E-state index < -0.39 is 10.9 Å². The van der Waals surface area contributed by atoms with Crippen molar-refractivity contribution in [3.63, 3.8) is 0 Å². The van der Waals surface area contributed by atoms with Gasteiger partial charge in [-0.1, -0.05) is 44.9 Å². The molecule has 1 fully saturated rings. The first-order chi connectivity index (χ1) is 17.9. The number of hydrogen-bond donors (Lipinski definition) is 2. The molecule has 0 radical (unpaired) electrons. The fourth-order valence-electron chi connectivity index (χ4n) is 4.83. The van der Waals surface area contributed by atoms with E-state index in [1.165, 1.54) is 44.1 Å². The summed E-state index contributed by atoms with van der Waals surface area (Å²) in [6.45, 7) is 6.45. The summed E-state index contributed by atoms with van der Waals surface area (Å²) in [5.74, 6) is 2.40. The first kappa shape index (κ1) is 29.2. The summed E-state index contributed by atoms with van der Waals surface area (Å²) in [6.07, 6.45) is 11.2.